The number of benzene rings is 8. The standard InChI is InChI=1S/C33H30N4O2.C25H30N6O.C24H29N5O3.C22H27ClN6O/c1-4-9-30-35-31-21(2)18-24(32-34-27-12-7-8-13-28(27)36(32)3)19-29(31)37(30)20-22-14-16-23(17-15-22)25-10-5-6-11-26(25)33(38)39;1-4-6-10-22-26-25(15-7-8-16-25)24(32)31(22)17-19-11-13-20(14-12-19)21(9-5-2)18(3)23-27-29-30-28-23;1-4-5-10-21(30)29(22(16(2)3)24(31)32)15-17-11-13-18(14-12-17)19-8-6-7-9-20(19)23-25-27-28-26-23;1-4-6-8-20-26-21(23)19(14-30)29(20)13-16-9-11-17(12-10-16)18(7-5-2)15(3)22(27-24)28-25/h5-8,10-19H,4,9,20H2,1-3H3,(H,38,39);5,9,11-14H,2-4,6-8,10,15-17H2,1H3,(H,27,28,29,30);6-9,11-14,16,22H,4-5,10,15H2,1-3H3,(H,31,32)(H,25,26,27,28);5,7,9-12,24,30H,2-4,6,8,13-14,25H2,1H3/b;21-9+;;18-7+,27-24?,28-22-. The van der Waals surface area contributed by atoms with Gasteiger partial charge in [0, 0.05) is 74.6 Å². The monoisotopic (exact) mass is 1810 g/mol. The average Bonchev–Trinajstić information content (AvgIpc) is 1.61. The molecule has 1 aliphatic heterocycles. The van der Waals surface area contributed by atoms with Crippen LogP contribution in [-0.4, -0.2) is 142 Å². The zero-order valence-electron chi connectivity index (χ0n) is 76.8. The molecule has 0 bridgehead atoms. The van der Waals surface area contributed by atoms with E-state index in [1.165, 1.54) is 4.90 Å². The number of hydrazone groups is 1. The number of aromatic nitrogens is 14. The number of para-hydroxylation sites is 2. The van der Waals surface area contributed by atoms with Gasteiger partial charge in [-0.3, -0.25) is 19.5 Å². The van der Waals surface area contributed by atoms with Crippen LogP contribution >= 0.6 is 11.6 Å². The molecule has 8 aromatic carbocycles. The van der Waals surface area contributed by atoms with Gasteiger partial charge < -0.3 is 39.8 Å². The number of nitrogens with two attached hydrogens (primary N) is 1. The second-order valence-electron chi connectivity index (χ2n) is 33.3. The summed E-state index contributed by atoms with van der Waals surface area (Å²) in [4.78, 5) is 72.7. The quantitative estimate of drug-likeness (QED) is 0.00479. The first-order valence-electron chi connectivity index (χ1n) is 45.1. The van der Waals surface area contributed by atoms with Gasteiger partial charge in [0.25, 0.3) is 5.91 Å². The summed E-state index contributed by atoms with van der Waals surface area (Å²) in [6, 6.07) is 58.6. The fourth-order valence-electron chi connectivity index (χ4n) is 16.9. The molecule has 1 spiro atoms. The number of aliphatic imine (C=N–C) groups is 1. The van der Waals surface area contributed by atoms with Crippen LogP contribution in [0.15, 0.2) is 253 Å². The molecule has 8 N–H and O–H groups in total. The summed E-state index contributed by atoms with van der Waals surface area (Å²) in [5.74, 6) is 8.12. The van der Waals surface area contributed by atoms with Gasteiger partial charge in [0.05, 0.1) is 46.5 Å². The van der Waals surface area contributed by atoms with Crippen molar-refractivity contribution in [3.63, 3.8) is 0 Å². The van der Waals surface area contributed by atoms with Crippen molar-refractivity contribution in [2.24, 2.45) is 34.0 Å². The number of tetrazole rings is 2. The van der Waals surface area contributed by atoms with Gasteiger partial charge in [-0.1, -0.05) is 288 Å². The van der Waals surface area contributed by atoms with Gasteiger partial charge in [0.15, 0.2) is 11.0 Å². The van der Waals surface area contributed by atoms with Crippen molar-refractivity contribution in [1.82, 2.24) is 79.7 Å². The lowest BCUT2D eigenvalue weighted by Gasteiger charge is -2.32. The molecule has 2 amide bonds. The maximum Gasteiger partial charge on any atom is 0.336 e. The Balaban J connectivity index is 0.000000161. The van der Waals surface area contributed by atoms with Crippen LogP contribution in [0.3, 0.4) is 0 Å². The summed E-state index contributed by atoms with van der Waals surface area (Å²) >= 11 is 6.22. The number of aliphatic hydroxyl groups is 1. The normalized spacial score (nSPS) is 13.3. The summed E-state index contributed by atoms with van der Waals surface area (Å²) in [6.45, 7) is 31.7. The van der Waals surface area contributed by atoms with E-state index in [2.05, 4.69) is 169 Å². The fourth-order valence-corrected chi connectivity index (χ4v) is 17.2. The number of carbonyl (C=O) groups is 4. The molecular weight excluding hydrogens is 1690 g/mol. The van der Waals surface area contributed by atoms with Crippen molar-refractivity contribution in [2.75, 3.05) is 0 Å². The number of aromatic carboxylic acids is 1. The average molecular weight is 1810 g/mol. The van der Waals surface area contributed by atoms with E-state index in [1.807, 2.05) is 164 Å². The van der Waals surface area contributed by atoms with Gasteiger partial charge >= 0.3 is 11.9 Å². The number of nitrogens with zero attached hydrogens (tertiary/aromatic N) is 17. The highest BCUT2D eigenvalue weighted by molar-refractivity contribution is 6.30. The number of aromatic amines is 2. The van der Waals surface area contributed by atoms with Crippen molar-refractivity contribution >= 4 is 85.8 Å². The Bertz CT molecular complexity index is 6410. The number of rotatable bonds is 36. The first kappa shape index (κ1) is 97.4. The van der Waals surface area contributed by atoms with Crippen LogP contribution in [0.2, 0.25) is 5.15 Å². The summed E-state index contributed by atoms with van der Waals surface area (Å²) in [5.41, 5.74) is 27.1. The number of H-pyrrole nitrogens is 2. The topological polar surface area (TPSA) is 385 Å². The smallest absolute Gasteiger partial charge is 0.336 e. The van der Waals surface area contributed by atoms with E-state index in [4.69, 9.17) is 37.9 Å². The minimum atomic E-state index is -0.976. The Kier molecular flexibility index (Phi) is 33.9. The highest BCUT2D eigenvalue weighted by atomic mass is 35.5. The zero-order chi connectivity index (χ0) is 94.8. The third-order valence-corrected chi connectivity index (χ3v) is 24.2. The van der Waals surface area contributed by atoms with Crippen molar-refractivity contribution in [1.29, 1.82) is 5.53 Å². The van der Waals surface area contributed by atoms with Crippen LogP contribution in [0.5, 0.6) is 0 Å². The molecule has 2 aliphatic rings. The lowest BCUT2D eigenvalue weighted by Crippen LogP contribution is -2.47. The summed E-state index contributed by atoms with van der Waals surface area (Å²) in [6.07, 6.45) is 20.7. The largest absolute Gasteiger partial charge is 0.480 e. The molecular formula is C104H116ClN21O7. The maximum absolute atomic E-state index is 13.3. The molecule has 0 saturated heterocycles. The molecule has 1 aliphatic carbocycles. The fraction of sp³-hybridized carbons (Fsp3) is 0.298. The Morgan fingerprint density at radius 3 is 1.80 bits per heavy atom. The lowest BCUT2D eigenvalue weighted by atomic mass is 9.96. The van der Waals surface area contributed by atoms with Gasteiger partial charge in [-0.25, -0.2) is 30.1 Å². The summed E-state index contributed by atoms with van der Waals surface area (Å²) in [7, 11) is 2.06. The number of amides is 2. The second-order valence-corrected chi connectivity index (χ2v) is 33.7. The number of unbranched alkanes of at least 4 members (excludes halogenated alkanes) is 3. The molecule has 5 aromatic heterocycles. The number of imidazole rings is 3. The van der Waals surface area contributed by atoms with Crippen LogP contribution in [0.4, 0.5) is 0 Å². The third-order valence-electron chi connectivity index (χ3n) is 23.9. The maximum atomic E-state index is 13.3. The number of carboxylic acid groups (broad SMARTS) is 2. The van der Waals surface area contributed by atoms with Gasteiger partial charge in [-0.15, -0.1) is 25.5 Å². The molecule has 686 valence electrons. The van der Waals surface area contributed by atoms with Gasteiger partial charge in [0.2, 0.25) is 17.6 Å². The first-order chi connectivity index (χ1) is 64.4. The Hall–Kier alpha value is -14.6. The minimum absolute atomic E-state index is 0.0494. The second kappa shape index (κ2) is 46.2. The zero-order valence-corrected chi connectivity index (χ0v) is 77.5. The Morgan fingerprint density at radius 2 is 1.22 bits per heavy atom. The van der Waals surface area contributed by atoms with E-state index >= 15 is 0 Å². The van der Waals surface area contributed by atoms with Crippen LogP contribution in [0, 0.1) is 18.4 Å². The highest BCUT2D eigenvalue weighted by Crippen LogP contribution is 2.42. The Morgan fingerprint density at radius 1 is 0.647 bits per heavy atom. The van der Waals surface area contributed by atoms with E-state index in [0.29, 0.717) is 65.3 Å². The third kappa shape index (κ3) is 23.2. The van der Waals surface area contributed by atoms with Gasteiger partial charge in [0.1, 0.15) is 34.9 Å². The van der Waals surface area contributed by atoms with Crippen LogP contribution < -0.4 is 5.84 Å². The van der Waals surface area contributed by atoms with Crippen molar-refractivity contribution in [3.05, 3.63) is 311 Å². The molecule has 28 nitrogen and oxygen atoms in total. The minimum Gasteiger partial charge on any atom is -0.480 e. The number of aryl methyl sites for hydroxylation is 4. The van der Waals surface area contributed by atoms with Gasteiger partial charge in [-0.05, 0) is 164 Å². The van der Waals surface area contributed by atoms with Crippen LogP contribution in [0.1, 0.15) is 197 Å². The number of halogens is 1. The van der Waals surface area contributed by atoms with E-state index in [0.717, 1.165) is 219 Å². The van der Waals surface area contributed by atoms with Crippen LogP contribution in [0.25, 0.3) is 83.8 Å². The van der Waals surface area contributed by atoms with Crippen molar-refractivity contribution < 1.29 is 34.5 Å². The molecule has 1 atom stereocenters. The molecule has 15 rings (SSSR count). The highest BCUT2D eigenvalue weighted by Gasteiger charge is 2.49. The number of amidine groups is 2. The van der Waals surface area contributed by atoms with Crippen molar-refractivity contribution in [3.8, 4) is 45.0 Å². The summed E-state index contributed by atoms with van der Waals surface area (Å²) in [5, 5.41) is 64.7. The lowest BCUT2D eigenvalue weighted by molar-refractivity contribution is -0.153. The first-order valence-corrected chi connectivity index (χ1v) is 45.5. The molecule has 29 heteroatoms. The molecule has 1 unspecified atom stereocenters. The number of aliphatic hydroxyl groups excluding tert-OH is 1. The van der Waals surface area contributed by atoms with E-state index < -0.39 is 23.5 Å². The van der Waals surface area contributed by atoms with Crippen molar-refractivity contribution in [2.45, 2.75) is 189 Å². The summed E-state index contributed by atoms with van der Waals surface area (Å²) < 4.78 is 6.44. The van der Waals surface area contributed by atoms with Crippen LogP contribution in [-0.2, 0) is 67.1 Å². The predicted molar refractivity (Wildman–Crippen MR) is 525 cm³/mol. The van der Waals surface area contributed by atoms with Gasteiger partial charge in [-0.2, -0.15) is 15.5 Å². The molecule has 133 heavy (non-hydrogen) atoms. The number of fused-ring (bicyclic) bond motifs is 2. The molecule has 13 aromatic rings. The molecule has 1 fully saturated rings. The number of nitrogens with one attached hydrogen (secondary N) is 3. The number of allylic oxidation sites excluding steroid dienone is 6. The molecule has 0 radical (unpaired) electrons. The van der Waals surface area contributed by atoms with E-state index in [9.17, 15) is 34.5 Å². The predicted octanol–water partition coefficient (Wildman–Crippen LogP) is 21.0. The number of carbonyl (C=O) groups excluding carboxylic acids is 2. The number of carboxylic acids is 2. The number of hydrogen-bond donors (Lipinski definition) is 7. The SMILES string of the molecule is C=C/C=C(\C(=C)/C(N=N)=N/N)c1ccc(Cn2c(CCCC)nc(Cl)c2CO)cc1.C=C/C=C(\C(=C)c1nn[nH]n1)c1ccc(CN2C(=O)C3(CCCC3)N=C2CCCC)cc1.CCCCC(=O)N(Cc1ccc(-c2ccccc2-c2nn[nH]n2)cc1)C(C(=O)O)C(C)C.CCCc1nc2c(C)cc(-c3nc4ccccc4n3C)cc2n1Cc1ccc(-c2ccccc2C(=O)O)cc1. The van der Waals surface area contributed by atoms with E-state index in [1.54, 1.807) is 30.4 Å². The molecule has 6 heterocycles. The molecule has 1 saturated carbocycles. The number of aliphatic carboxylic acids is 1. The Labute approximate surface area is 780 Å². The van der Waals surface area contributed by atoms with E-state index in [-0.39, 0.29) is 36.7 Å². The number of hydrogen-bond acceptors (Lipinski definition) is 18.